The van der Waals surface area contributed by atoms with Gasteiger partial charge in [0.15, 0.2) is 11.5 Å². The van der Waals surface area contributed by atoms with Crippen molar-refractivity contribution in [1.82, 2.24) is 9.55 Å². The standard InChI is InChI=1S/C17H19F3N2O3/c1-10-9-22-13(6-7-24-10)11(2)21-16(22)12-4-5-14(15(8-12)23-3)25-17(18,19)20/h4-5,8,10H,6-7,9H2,1-3H3/t10-/m1/s1. The maximum absolute atomic E-state index is 12.5. The highest BCUT2D eigenvalue weighted by atomic mass is 19.4. The first-order chi connectivity index (χ1) is 11.8. The van der Waals surface area contributed by atoms with Gasteiger partial charge in [0.2, 0.25) is 0 Å². The quantitative estimate of drug-likeness (QED) is 0.841. The first-order valence-electron chi connectivity index (χ1n) is 7.90. The average Bonchev–Trinajstić information content (AvgIpc) is 2.71. The van der Waals surface area contributed by atoms with Crippen molar-refractivity contribution in [3.63, 3.8) is 0 Å². The third-order valence-corrected chi connectivity index (χ3v) is 4.10. The van der Waals surface area contributed by atoms with E-state index in [1.807, 2.05) is 13.8 Å². The van der Waals surface area contributed by atoms with E-state index in [-0.39, 0.29) is 17.6 Å². The van der Waals surface area contributed by atoms with Crippen LogP contribution in [0.25, 0.3) is 11.4 Å². The second-order valence-corrected chi connectivity index (χ2v) is 5.92. The molecule has 3 rings (SSSR count). The van der Waals surface area contributed by atoms with Gasteiger partial charge in [-0.05, 0) is 32.0 Å². The van der Waals surface area contributed by atoms with Gasteiger partial charge in [-0.1, -0.05) is 0 Å². The Bertz CT molecular complexity index is 771. The SMILES string of the molecule is COc1cc(-c2nc(C)c3n2C[C@@H](C)OCC3)ccc1OC(F)(F)F. The maximum Gasteiger partial charge on any atom is 0.573 e. The number of halogens is 3. The van der Waals surface area contributed by atoms with Gasteiger partial charge in [0, 0.05) is 17.7 Å². The van der Waals surface area contributed by atoms with Gasteiger partial charge < -0.3 is 18.8 Å². The van der Waals surface area contributed by atoms with E-state index in [4.69, 9.17) is 9.47 Å². The summed E-state index contributed by atoms with van der Waals surface area (Å²) in [5.41, 5.74) is 2.63. The topological polar surface area (TPSA) is 45.5 Å². The van der Waals surface area contributed by atoms with E-state index in [2.05, 4.69) is 14.3 Å². The van der Waals surface area contributed by atoms with Crippen LogP contribution in [0.5, 0.6) is 11.5 Å². The number of hydrogen-bond acceptors (Lipinski definition) is 4. The van der Waals surface area contributed by atoms with Crippen molar-refractivity contribution in [2.45, 2.75) is 39.3 Å². The van der Waals surface area contributed by atoms with Crippen LogP contribution in [-0.4, -0.2) is 35.7 Å². The highest BCUT2D eigenvalue weighted by Crippen LogP contribution is 2.36. The summed E-state index contributed by atoms with van der Waals surface area (Å²) in [6.45, 7) is 5.15. The molecular weight excluding hydrogens is 337 g/mol. The lowest BCUT2D eigenvalue weighted by molar-refractivity contribution is -0.275. The van der Waals surface area contributed by atoms with E-state index in [9.17, 15) is 13.2 Å². The van der Waals surface area contributed by atoms with Crippen molar-refractivity contribution in [2.24, 2.45) is 0 Å². The first-order valence-corrected chi connectivity index (χ1v) is 7.90. The maximum atomic E-state index is 12.5. The number of imidazole rings is 1. The van der Waals surface area contributed by atoms with Crippen molar-refractivity contribution < 1.29 is 27.4 Å². The molecule has 1 atom stereocenters. The number of aryl methyl sites for hydroxylation is 1. The Labute approximate surface area is 143 Å². The third-order valence-electron chi connectivity index (χ3n) is 4.10. The van der Waals surface area contributed by atoms with Gasteiger partial charge in [-0.2, -0.15) is 0 Å². The Balaban J connectivity index is 2.03. The number of benzene rings is 1. The fourth-order valence-corrected chi connectivity index (χ4v) is 3.02. The normalized spacial score (nSPS) is 17.8. The molecule has 136 valence electrons. The van der Waals surface area contributed by atoms with Crippen LogP contribution >= 0.6 is 0 Å². The molecule has 0 N–H and O–H groups in total. The Hall–Kier alpha value is -2.22. The summed E-state index contributed by atoms with van der Waals surface area (Å²) in [4.78, 5) is 4.61. The number of methoxy groups -OCH3 is 1. The van der Waals surface area contributed by atoms with E-state index < -0.39 is 6.36 Å². The highest BCUT2D eigenvalue weighted by molar-refractivity contribution is 5.62. The molecule has 2 heterocycles. The van der Waals surface area contributed by atoms with E-state index in [1.165, 1.54) is 19.2 Å². The number of alkyl halides is 3. The van der Waals surface area contributed by atoms with Gasteiger partial charge in [0.05, 0.1) is 32.1 Å². The van der Waals surface area contributed by atoms with Gasteiger partial charge >= 0.3 is 6.36 Å². The molecule has 0 spiro atoms. The van der Waals surface area contributed by atoms with Crippen molar-refractivity contribution in [1.29, 1.82) is 0 Å². The van der Waals surface area contributed by atoms with Crippen LogP contribution in [-0.2, 0) is 17.7 Å². The second-order valence-electron chi connectivity index (χ2n) is 5.92. The molecule has 1 aromatic heterocycles. The lowest BCUT2D eigenvalue weighted by Gasteiger charge is -2.15. The zero-order valence-corrected chi connectivity index (χ0v) is 14.2. The number of aromatic nitrogens is 2. The zero-order valence-electron chi connectivity index (χ0n) is 14.2. The summed E-state index contributed by atoms with van der Waals surface area (Å²) in [7, 11) is 1.30. The third kappa shape index (κ3) is 3.73. The molecule has 0 bridgehead atoms. The number of nitrogens with zero attached hydrogens (tertiary/aromatic N) is 2. The lowest BCUT2D eigenvalue weighted by Crippen LogP contribution is -2.17. The Morgan fingerprint density at radius 3 is 2.72 bits per heavy atom. The fraction of sp³-hybridized carbons (Fsp3) is 0.471. The first kappa shape index (κ1) is 17.6. The molecule has 1 aliphatic rings. The molecule has 0 aliphatic carbocycles. The van der Waals surface area contributed by atoms with Crippen molar-refractivity contribution in [2.75, 3.05) is 13.7 Å². The van der Waals surface area contributed by atoms with Gasteiger partial charge in [-0.3, -0.25) is 0 Å². The van der Waals surface area contributed by atoms with Gasteiger partial charge in [0.25, 0.3) is 0 Å². The summed E-state index contributed by atoms with van der Waals surface area (Å²) < 4.78 is 54.3. The van der Waals surface area contributed by atoms with Crippen molar-refractivity contribution in [3.05, 3.63) is 29.6 Å². The van der Waals surface area contributed by atoms with Crippen molar-refractivity contribution in [3.8, 4) is 22.9 Å². The second kappa shape index (κ2) is 6.59. The average molecular weight is 356 g/mol. The molecular formula is C17H19F3N2O3. The molecule has 0 fully saturated rings. The summed E-state index contributed by atoms with van der Waals surface area (Å²) >= 11 is 0. The zero-order chi connectivity index (χ0) is 18.2. The van der Waals surface area contributed by atoms with Crippen LogP contribution in [0, 0.1) is 6.92 Å². The fourth-order valence-electron chi connectivity index (χ4n) is 3.02. The molecule has 25 heavy (non-hydrogen) atoms. The van der Waals surface area contributed by atoms with Crippen LogP contribution in [0.15, 0.2) is 18.2 Å². The molecule has 8 heteroatoms. The lowest BCUT2D eigenvalue weighted by atomic mass is 10.2. The Kier molecular flexibility index (Phi) is 4.64. The monoisotopic (exact) mass is 356 g/mol. The van der Waals surface area contributed by atoms with E-state index >= 15 is 0 Å². The van der Waals surface area contributed by atoms with Crippen LogP contribution in [0.2, 0.25) is 0 Å². The smallest absolute Gasteiger partial charge is 0.493 e. The number of rotatable bonds is 3. The summed E-state index contributed by atoms with van der Waals surface area (Å²) in [5.74, 6) is 0.305. The van der Waals surface area contributed by atoms with E-state index in [0.717, 1.165) is 17.8 Å². The Morgan fingerprint density at radius 2 is 2.04 bits per heavy atom. The number of ether oxygens (including phenoxy) is 3. The van der Waals surface area contributed by atoms with Crippen LogP contribution in [0.4, 0.5) is 13.2 Å². The molecule has 0 saturated heterocycles. The van der Waals surface area contributed by atoms with Crippen molar-refractivity contribution >= 4 is 0 Å². The largest absolute Gasteiger partial charge is 0.573 e. The molecule has 0 unspecified atom stereocenters. The van der Waals surface area contributed by atoms with Crippen LogP contribution in [0.3, 0.4) is 0 Å². The summed E-state index contributed by atoms with van der Waals surface area (Å²) in [5, 5.41) is 0. The summed E-state index contributed by atoms with van der Waals surface area (Å²) in [6, 6.07) is 4.30. The molecule has 1 aromatic carbocycles. The molecule has 0 radical (unpaired) electrons. The molecule has 0 saturated carbocycles. The van der Waals surface area contributed by atoms with E-state index in [0.29, 0.717) is 24.5 Å². The minimum Gasteiger partial charge on any atom is -0.493 e. The minimum atomic E-state index is -4.78. The predicted octanol–water partition coefficient (Wildman–Crippen LogP) is 3.73. The van der Waals surface area contributed by atoms with Gasteiger partial charge in [-0.25, -0.2) is 4.98 Å². The predicted molar refractivity (Wildman–Crippen MR) is 84.8 cm³/mol. The molecule has 5 nitrogen and oxygen atoms in total. The minimum absolute atomic E-state index is 0.00254. The number of fused-ring (bicyclic) bond motifs is 1. The van der Waals surface area contributed by atoms with Crippen LogP contribution < -0.4 is 9.47 Å². The molecule has 1 aliphatic heterocycles. The Morgan fingerprint density at radius 1 is 1.28 bits per heavy atom. The van der Waals surface area contributed by atoms with Crippen LogP contribution in [0.1, 0.15) is 18.3 Å². The van der Waals surface area contributed by atoms with Gasteiger partial charge in [0.1, 0.15) is 5.82 Å². The van der Waals surface area contributed by atoms with Gasteiger partial charge in [-0.15, -0.1) is 13.2 Å². The number of hydrogen-bond donors (Lipinski definition) is 0. The van der Waals surface area contributed by atoms with E-state index in [1.54, 1.807) is 6.07 Å². The highest BCUT2D eigenvalue weighted by Gasteiger charge is 2.32. The molecule has 2 aromatic rings. The summed E-state index contributed by atoms with van der Waals surface area (Å²) in [6.07, 6.45) is -4.00. The molecule has 0 amide bonds.